The third kappa shape index (κ3) is 2.38. The summed E-state index contributed by atoms with van der Waals surface area (Å²) >= 11 is 0. The zero-order valence-electron chi connectivity index (χ0n) is 7.26. The molecule has 1 unspecified atom stereocenters. The van der Waals surface area contributed by atoms with Gasteiger partial charge >= 0.3 is 0 Å². The lowest BCUT2D eigenvalue weighted by Gasteiger charge is -2.28. The first-order valence-electron chi connectivity index (χ1n) is 3.94. The van der Waals surface area contributed by atoms with Crippen LogP contribution >= 0.6 is 0 Å². The lowest BCUT2D eigenvalue weighted by atomic mass is 9.93. The van der Waals surface area contributed by atoms with Gasteiger partial charge in [-0.2, -0.15) is 0 Å². The molecule has 0 radical (unpaired) electrons. The Balaban J connectivity index is 4.26. The molecule has 0 aliphatic heterocycles. The maximum Gasteiger partial charge on any atom is 0.280 e. The molecule has 0 aromatic carbocycles. The third-order valence-electron chi connectivity index (χ3n) is 1.93. The molecule has 0 bridgehead atoms. The van der Waals surface area contributed by atoms with E-state index in [9.17, 15) is 13.2 Å². The Labute approximate surface area is 65.8 Å². The van der Waals surface area contributed by atoms with Gasteiger partial charge in [-0.3, -0.25) is 0 Å². The number of hydrogen-bond acceptors (Lipinski definition) is 0. The fraction of sp³-hybridized carbons (Fsp3) is 1.00. The van der Waals surface area contributed by atoms with Gasteiger partial charge in [0.2, 0.25) is 0 Å². The highest BCUT2D eigenvalue weighted by molar-refractivity contribution is 4.88. The van der Waals surface area contributed by atoms with E-state index < -0.39 is 18.0 Å². The molecule has 68 valence electrons. The second kappa shape index (κ2) is 3.46. The fourth-order valence-electron chi connectivity index (χ4n) is 1.02. The average molecular weight is 168 g/mol. The van der Waals surface area contributed by atoms with Crippen molar-refractivity contribution in [1.82, 2.24) is 0 Å². The SMILES string of the molecule is CCCC(C)(F)C(F)(F)CC. The first-order valence-corrected chi connectivity index (χ1v) is 3.94. The topological polar surface area (TPSA) is 0 Å². The molecule has 0 saturated carbocycles. The molecule has 0 aromatic heterocycles. The second-order valence-electron chi connectivity index (χ2n) is 3.01. The highest BCUT2D eigenvalue weighted by Gasteiger charge is 2.48. The Hall–Kier alpha value is -0.210. The predicted molar refractivity (Wildman–Crippen MR) is 39.7 cm³/mol. The fourth-order valence-corrected chi connectivity index (χ4v) is 1.02. The van der Waals surface area contributed by atoms with Crippen LogP contribution in [-0.2, 0) is 0 Å². The van der Waals surface area contributed by atoms with Crippen molar-refractivity contribution in [3.05, 3.63) is 0 Å². The van der Waals surface area contributed by atoms with Crippen molar-refractivity contribution >= 4 is 0 Å². The first kappa shape index (κ1) is 10.8. The average Bonchev–Trinajstić information content (AvgIpc) is 1.87. The quantitative estimate of drug-likeness (QED) is 0.602. The summed E-state index contributed by atoms with van der Waals surface area (Å²) in [7, 11) is 0. The van der Waals surface area contributed by atoms with Crippen LogP contribution in [0.4, 0.5) is 13.2 Å². The van der Waals surface area contributed by atoms with Crippen LogP contribution < -0.4 is 0 Å². The van der Waals surface area contributed by atoms with Crippen LogP contribution in [0.2, 0.25) is 0 Å². The zero-order valence-corrected chi connectivity index (χ0v) is 7.26. The molecule has 0 fully saturated rings. The van der Waals surface area contributed by atoms with E-state index in [4.69, 9.17) is 0 Å². The van der Waals surface area contributed by atoms with Crippen LogP contribution in [0.15, 0.2) is 0 Å². The summed E-state index contributed by atoms with van der Waals surface area (Å²) in [5.74, 6) is -3.18. The van der Waals surface area contributed by atoms with Gasteiger partial charge in [-0.05, 0) is 13.3 Å². The smallest absolute Gasteiger partial charge is 0.238 e. The molecule has 11 heavy (non-hydrogen) atoms. The molecule has 0 heterocycles. The van der Waals surface area contributed by atoms with Crippen molar-refractivity contribution in [2.24, 2.45) is 0 Å². The van der Waals surface area contributed by atoms with Crippen molar-refractivity contribution in [1.29, 1.82) is 0 Å². The molecule has 0 spiro atoms. The van der Waals surface area contributed by atoms with Crippen molar-refractivity contribution in [3.63, 3.8) is 0 Å². The summed E-state index contributed by atoms with van der Waals surface area (Å²) in [5.41, 5.74) is -2.34. The van der Waals surface area contributed by atoms with Crippen molar-refractivity contribution < 1.29 is 13.2 Å². The molecule has 0 saturated heterocycles. The number of halogens is 3. The van der Waals surface area contributed by atoms with E-state index in [0.717, 1.165) is 6.92 Å². The van der Waals surface area contributed by atoms with Crippen molar-refractivity contribution in [2.75, 3.05) is 0 Å². The summed E-state index contributed by atoms with van der Waals surface area (Å²) in [6, 6.07) is 0. The Morgan fingerprint density at radius 1 is 1.09 bits per heavy atom. The lowest BCUT2D eigenvalue weighted by Crippen LogP contribution is -2.40. The highest BCUT2D eigenvalue weighted by atomic mass is 19.3. The van der Waals surface area contributed by atoms with Gasteiger partial charge in [-0.25, -0.2) is 13.2 Å². The molecule has 0 aromatic rings. The molecule has 0 aliphatic rings. The molecule has 0 rings (SSSR count). The van der Waals surface area contributed by atoms with Gasteiger partial charge in [0.1, 0.15) is 0 Å². The van der Waals surface area contributed by atoms with E-state index in [2.05, 4.69) is 0 Å². The number of rotatable bonds is 4. The standard InChI is InChI=1S/C8H15F3/c1-4-6-7(3,9)8(10,11)5-2/h4-6H2,1-3H3. The van der Waals surface area contributed by atoms with E-state index in [0.29, 0.717) is 6.42 Å². The Bertz CT molecular complexity index is 119. The minimum absolute atomic E-state index is 0.0756. The van der Waals surface area contributed by atoms with Gasteiger partial charge < -0.3 is 0 Å². The molecular formula is C8H15F3. The Morgan fingerprint density at radius 3 is 1.82 bits per heavy atom. The first-order chi connectivity index (χ1) is 4.87. The normalized spacial score (nSPS) is 18.0. The zero-order chi connectivity index (χ0) is 9.12. The van der Waals surface area contributed by atoms with Gasteiger partial charge in [-0.15, -0.1) is 0 Å². The van der Waals surface area contributed by atoms with Crippen molar-refractivity contribution in [3.8, 4) is 0 Å². The number of alkyl halides is 3. The number of hydrogen-bond donors (Lipinski definition) is 0. The third-order valence-corrected chi connectivity index (χ3v) is 1.93. The lowest BCUT2D eigenvalue weighted by molar-refractivity contribution is -0.134. The molecule has 0 amide bonds. The van der Waals surface area contributed by atoms with E-state index in [1.165, 1.54) is 6.92 Å². The summed E-state index contributed by atoms with van der Waals surface area (Å²) in [5, 5.41) is 0. The van der Waals surface area contributed by atoms with E-state index in [-0.39, 0.29) is 6.42 Å². The van der Waals surface area contributed by atoms with Crippen LogP contribution in [0.25, 0.3) is 0 Å². The second-order valence-corrected chi connectivity index (χ2v) is 3.01. The minimum Gasteiger partial charge on any atom is -0.238 e. The molecule has 0 aliphatic carbocycles. The van der Waals surface area contributed by atoms with Crippen molar-refractivity contribution in [2.45, 2.75) is 51.6 Å². The molecular weight excluding hydrogens is 153 g/mol. The van der Waals surface area contributed by atoms with E-state index >= 15 is 0 Å². The molecule has 1 atom stereocenters. The summed E-state index contributed by atoms with van der Waals surface area (Å²) in [6.45, 7) is 3.97. The molecule has 0 N–H and O–H groups in total. The van der Waals surface area contributed by atoms with E-state index in [1.54, 1.807) is 6.92 Å². The minimum atomic E-state index is -3.18. The van der Waals surface area contributed by atoms with Crippen LogP contribution in [-0.4, -0.2) is 11.6 Å². The molecule has 0 nitrogen and oxygen atoms in total. The summed E-state index contributed by atoms with van der Waals surface area (Å²) in [6.07, 6.45) is -0.0591. The van der Waals surface area contributed by atoms with Crippen LogP contribution in [0.3, 0.4) is 0 Å². The monoisotopic (exact) mass is 168 g/mol. The maximum absolute atomic E-state index is 13.1. The van der Waals surface area contributed by atoms with Gasteiger partial charge in [0.15, 0.2) is 5.67 Å². The molecule has 3 heteroatoms. The van der Waals surface area contributed by atoms with Gasteiger partial charge in [-0.1, -0.05) is 20.3 Å². The van der Waals surface area contributed by atoms with Gasteiger partial charge in [0, 0.05) is 6.42 Å². The van der Waals surface area contributed by atoms with E-state index in [1.807, 2.05) is 0 Å². The van der Waals surface area contributed by atoms with Crippen LogP contribution in [0.5, 0.6) is 0 Å². The van der Waals surface area contributed by atoms with Crippen LogP contribution in [0.1, 0.15) is 40.0 Å². The predicted octanol–water partition coefficient (Wildman–Crippen LogP) is 3.56. The van der Waals surface area contributed by atoms with Gasteiger partial charge in [0.25, 0.3) is 5.92 Å². The highest BCUT2D eigenvalue weighted by Crippen LogP contribution is 2.38. The summed E-state index contributed by atoms with van der Waals surface area (Å²) < 4.78 is 38.6. The Morgan fingerprint density at radius 2 is 1.55 bits per heavy atom. The maximum atomic E-state index is 13.1. The Kier molecular flexibility index (Phi) is 3.39. The largest absolute Gasteiger partial charge is 0.280 e. The summed E-state index contributed by atoms with van der Waals surface area (Å²) in [4.78, 5) is 0. The van der Waals surface area contributed by atoms with Crippen LogP contribution in [0, 0.1) is 0 Å². The van der Waals surface area contributed by atoms with Gasteiger partial charge in [0.05, 0.1) is 0 Å².